The lowest BCUT2D eigenvalue weighted by atomic mass is 10.0. The van der Waals surface area contributed by atoms with Gasteiger partial charge in [-0.15, -0.1) is 0 Å². The van der Waals surface area contributed by atoms with Crippen molar-refractivity contribution in [3.05, 3.63) is 59.4 Å². The zero-order valence-corrected chi connectivity index (χ0v) is 13.9. The van der Waals surface area contributed by atoms with E-state index in [2.05, 4.69) is 10.3 Å². The van der Waals surface area contributed by atoms with Gasteiger partial charge in [-0.25, -0.2) is 4.39 Å². The van der Waals surface area contributed by atoms with Gasteiger partial charge in [0, 0.05) is 17.9 Å². The maximum atomic E-state index is 14.6. The van der Waals surface area contributed by atoms with Crippen LogP contribution in [0.25, 0.3) is 11.1 Å². The first-order chi connectivity index (χ1) is 12.0. The number of Topliss-reactive ketones (excluding diaryl/α,β-unsaturated/α-hetero) is 1. The number of benzene rings is 2. The number of hydrogen-bond acceptors (Lipinski definition) is 4. The average molecular weight is 340 g/mol. The quantitative estimate of drug-likeness (QED) is 0.762. The Bertz CT molecular complexity index is 932. The van der Waals surface area contributed by atoms with Gasteiger partial charge in [-0.1, -0.05) is 38.1 Å². The number of anilines is 1. The van der Waals surface area contributed by atoms with E-state index in [0.29, 0.717) is 5.56 Å². The Labute approximate surface area is 143 Å². The van der Waals surface area contributed by atoms with Crippen LogP contribution in [0.5, 0.6) is 0 Å². The van der Waals surface area contributed by atoms with Gasteiger partial charge in [-0.3, -0.25) is 14.9 Å². The van der Waals surface area contributed by atoms with Crippen LogP contribution in [-0.2, 0) is 11.2 Å². The van der Waals surface area contributed by atoms with Gasteiger partial charge in [0.05, 0.1) is 0 Å². The van der Waals surface area contributed by atoms with Crippen molar-refractivity contribution in [1.82, 2.24) is 4.98 Å². The first-order valence-electron chi connectivity index (χ1n) is 7.92. The summed E-state index contributed by atoms with van der Waals surface area (Å²) in [6.07, 6.45) is -0.00809. The van der Waals surface area contributed by atoms with E-state index in [-0.39, 0.29) is 40.8 Å². The van der Waals surface area contributed by atoms with Crippen LogP contribution in [0.15, 0.2) is 46.9 Å². The van der Waals surface area contributed by atoms with Gasteiger partial charge in [0.1, 0.15) is 11.3 Å². The predicted molar refractivity (Wildman–Crippen MR) is 91.9 cm³/mol. The minimum atomic E-state index is -0.626. The van der Waals surface area contributed by atoms with Gasteiger partial charge >= 0.3 is 6.01 Å². The fourth-order valence-electron chi connectivity index (χ4n) is 2.34. The van der Waals surface area contributed by atoms with E-state index in [1.807, 2.05) is 0 Å². The van der Waals surface area contributed by atoms with Crippen molar-refractivity contribution in [1.29, 1.82) is 0 Å². The Balaban J connectivity index is 1.86. The SMILES string of the molecule is CC(C)C(=O)Cc1ccc2nc(NC(=O)c3ccccc3)oc2c1F. The van der Waals surface area contributed by atoms with Crippen LogP contribution < -0.4 is 5.32 Å². The van der Waals surface area contributed by atoms with Gasteiger partial charge < -0.3 is 4.42 Å². The van der Waals surface area contributed by atoms with Crippen molar-refractivity contribution in [2.45, 2.75) is 20.3 Å². The molecule has 1 N–H and O–H groups in total. The number of fused-ring (bicyclic) bond motifs is 1. The maximum absolute atomic E-state index is 14.6. The molecule has 25 heavy (non-hydrogen) atoms. The Kier molecular flexibility index (Phi) is 4.61. The molecule has 0 spiro atoms. The minimum absolute atomic E-state index is 0.00809. The summed E-state index contributed by atoms with van der Waals surface area (Å²) in [4.78, 5) is 28.0. The van der Waals surface area contributed by atoms with Crippen LogP contribution in [0.4, 0.5) is 10.4 Å². The summed E-state index contributed by atoms with van der Waals surface area (Å²) in [5.74, 6) is -1.26. The Morgan fingerprint density at radius 3 is 2.56 bits per heavy atom. The van der Waals surface area contributed by atoms with E-state index in [9.17, 15) is 14.0 Å². The molecule has 0 saturated heterocycles. The van der Waals surface area contributed by atoms with E-state index >= 15 is 0 Å². The van der Waals surface area contributed by atoms with Crippen molar-refractivity contribution in [2.24, 2.45) is 5.92 Å². The summed E-state index contributed by atoms with van der Waals surface area (Å²) < 4.78 is 19.9. The monoisotopic (exact) mass is 340 g/mol. The molecule has 1 aromatic heterocycles. The average Bonchev–Trinajstić information content (AvgIpc) is 3.01. The van der Waals surface area contributed by atoms with Gasteiger partial charge in [0.15, 0.2) is 11.4 Å². The van der Waals surface area contributed by atoms with Crippen molar-refractivity contribution < 1.29 is 18.4 Å². The van der Waals surface area contributed by atoms with Crippen molar-refractivity contribution in [3.8, 4) is 0 Å². The van der Waals surface area contributed by atoms with E-state index in [0.717, 1.165) is 0 Å². The zero-order valence-electron chi connectivity index (χ0n) is 13.9. The van der Waals surface area contributed by atoms with E-state index < -0.39 is 11.7 Å². The van der Waals surface area contributed by atoms with Crippen LogP contribution >= 0.6 is 0 Å². The summed E-state index contributed by atoms with van der Waals surface area (Å²) in [6.45, 7) is 3.54. The number of amides is 1. The summed E-state index contributed by atoms with van der Waals surface area (Å²) >= 11 is 0. The molecule has 3 aromatic rings. The second-order valence-corrected chi connectivity index (χ2v) is 6.02. The first-order valence-corrected chi connectivity index (χ1v) is 7.92. The molecule has 2 aromatic carbocycles. The van der Waals surface area contributed by atoms with Gasteiger partial charge in [0.25, 0.3) is 5.91 Å². The summed E-state index contributed by atoms with van der Waals surface area (Å²) in [6, 6.07) is 11.6. The number of nitrogens with zero attached hydrogens (tertiary/aromatic N) is 1. The third kappa shape index (κ3) is 3.57. The largest absolute Gasteiger partial charge is 0.420 e. The lowest BCUT2D eigenvalue weighted by Gasteiger charge is -2.05. The Morgan fingerprint density at radius 1 is 1.16 bits per heavy atom. The molecule has 1 heterocycles. The Hall–Kier alpha value is -3.02. The fourth-order valence-corrected chi connectivity index (χ4v) is 2.34. The molecular weight excluding hydrogens is 323 g/mol. The van der Waals surface area contributed by atoms with E-state index in [1.165, 1.54) is 6.07 Å². The third-order valence-electron chi connectivity index (χ3n) is 3.84. The molecule has 0 fully saturated rings. The van der Waals surface area contributed by atoms with Crippen LogP contribution in [0.3, 0.4) is 0 Å². The molecule has 5 nitrogen and oxygen atoms in total. The molecule has 0 atom stereocenters. The second kappa shape index (κ2) is 6.84. The third-order valence-corrected chi connectivity index (χ3v) is 3.84. The predicted octanol–water partition coefficient (Wildman–Crippen LogP) is 3.99. The number of aromatic nitrogens is 1. The molecule has 0 bridgehead atoms. The lowest BCUT2D eigenvalue weighted by molar-refractivity contribution is -0.121. The first kappa shape index (κ1) is 16.8. The summed E-state index contributed by atoms with van der Waals surface area (Å²) in [5.41, 5.74) is 0.899. The topological polar surface area (TPSA) is 72.2 Å². The number of hydrogen-bond donors (Lipinski definition) is 1. The molecule has 0 saturated carbocycles. The number of oxazole rings is 1. The van der Waals surface area contributed by atoms with Crippen molar-refractivity contribution >= 4 is 28.8 Å². The highest BCUT2D eigenvalue weighted by molar-refractivity contribution is 6.03. The molecule has 128 valence electrons. The highest BCUT2D eigenvalue weighted by Crippen LogP contribution is 2.25. The van der Waals surface area contributed by atoms with Crippen LogP contribution in [-0.4, -0.2) is 16.7 Å². The van der Waals surface area contributed by atoms with Gasteiger partial charge in [-0.05, 0) is 23.8 Å². The van der Waals surface area contributed by atoms with Crippen LogP contribution in [0.1, 0.15) is 29.8 Å². The Morgan fingerprint density at radius 2 is 1.88 bits per heavy atom. The van der Waals surface area contributed by atoms with Crippen LogP contribution in [0.2, 0.25) is 0 Å². The van der Waals surface area contributed by atoms with Crippen molar-refractivity contribution in [3.63, 3.8) is 0 Å². The summed E-state index contributed by atoms with van der Waals surface area (Å²) in [7, 11) is 0. The van der Waals surface area contributed by atoms with Gasteiger partial charge in [-0.2, -0.15) is 4.98 Å². The molecular formula is C19H17FN2O3. The number of ketones is 1. The summed E-state index contributed by atoms with van der Waals surface area (Å²) in [5, 5.41) is 2.50. The second-order valence-electron chi connectivity index (χ2n) is 6.02. The molecule has 0 unspecified atom stereocenters. The minimum Gasteiger partial charge on any atom is -0.420 e. The highest BCUT2D eigenvalue weighted by Gasteiger charge is 2.18. The smallest absolute Gasteiger partial charge is 0.302 e. The lowest BCUT2D eigenvalue weighted by Crippen LogP contribution is -2.11. The van der Waals surface area contributed by atoms with Crippen LogP contribution in [0, 0.1) is 11.7 Å². The molecule has 0 aliphatic carbocycles. The molecule has 0 radical (unpaired) electrons. The van der Waals surface area contributed by atoms with E-state index in [1.54, 1.807) is 50.2 Å². The molecule has 0 aliphatic rings. The normalized spacial score (nSPS) is 11.0. The molecule has 3 rings (SSSR count). The zero-order chi connectivity index (χ0) is 18.0. The molecule has 0 aliphatic heterocycles. The number of halogens is 1. The number of rotatable bonds is 5. The fraction of sp³-hybridized carbons (Fsp3) is 0.211. The van der Waals surface area contributed by atoms with Crippen molar-refractivity contribution in [2.75, 3.05) is 5.32 Å². The number of nitrogens with one attached hydrogen (secondary N) is 1. The van der Waals surface area contributed by atoms with E-state index in [4.69, 9.17) is 4.42 Å². The standard InChI is InChI=1S/C19H17FN2O3/c1-11(2)15(23)10-13-8-9-14-17(16(13)20)25-19(21-14)22-18(24)12-6-4-3-5-7-12/h3-9,11H,10H2,1-2H3,(H,21,22,24). The number of carbonyl (C=O) groups is 2. The van der Waals surface area contributed by atoms with Gasteiger partial charge in [0.2, 0.25) is 0 Å². The highest BCUT2D eigenvalue weighted by atomic mass is 19.1. The molecule has 1 amide bonds. The number of carbonyl (C=O) groups excluding carboxylic acids is 2. The molecule has 6 heteroatoms. The maximum Gasteiger partial charge on any atom is 0.302 e.